The first-order chi connectivity index (χ1) is 15.2. The molecule has 0 unspecified atom stereocenters. The van der Waals surface area contributed by atoms with Gasteiger partial charge in [0.2, 0.25) is 11.8 Å². The number of likely N-dealkylation sites (tertiary alicyclic amines) is 1. The van der Waals surface area contributed by atoms with E-state index in [1.807, 2.05) is 35.2 Å². The second kappa shape index (κ2) is 12.7. The zero-order chi connectivity index (χ0) is 21.7. The van der Waals surface area contributed by atoms with Gasteiger partial charge in [-0.2, -0.15) is 0 Å². The lowest BCUT2D eigenvalue weighted by atomic mass is 9.91. The summed E-state index contributed by atoms with van der Waals surface area (Å²) in [4.78, 5) is 30.4. The molecule has 0 saturated carbocycles. The summed E-state index contributed by atoms with van der Waals surface area (Å²) < 4.78 is 0. The molecule has 1 fully saturated rings. The van der Waals surface area contributed by atoms with Crippen molar-refractivity contribution in [1.29, 1.82) is 0 Å². The summed E-state index contributed by atoms with van der Waals surface area (Å²) in [5.74, 6) is 0.912. The second-order valence-corrected chi connectivity index (χ2v) is 8.22. The molecule has 1 aromatic heterocycles. The first kappa shape index (κ1) is 22.7. The molecule has 0 spiro atoms. The standard InChI is InChI=1S/C26H33N3O2/c30-25(13-11-24-10-6-17-27-21-24)28-18-5-4-9-23-15-19-29(20-16-23)26(31)14-12-22-7-2-1-3-8-22/h1-3,6-8,10-11,13,17,21,23H,4-5,9,12,14-16,18-20H2,(H,28,30)/b13-11+. The van der Waals surface area contributed by atoms with Gasteiger partial charge in [0.15, 0.2) is 0 Å². The van der Waals surface area contributed by atoms with Gasteiger partial charge in [-0.05, 0) is 54.9 Å². The Morgan fingerprint density at radius 3 is 2.61 bits per heavy atom. The minimum Gasteiger partial charge on any atom is -0.353 e. The Hall–Kier alpha value is -2.95. The molecule has 0 aliphatic carbocycles. The van der Waals surface area contributed by atoms with E-state index in [0.29, 0.717) is 18.9 Å². The number of nitrogens with zero attached hydrogens (tertiary/aromatic N) is 2. The van der Waals surface area contributed by atoms with Crippen LogP contribution in [0.4, 0.5) is 0 Å². The van der Waals surface area contributed by atoms with Crippen molar-refractivity contribution in [2.24, 2.45) is 5.92 Å². The topological polar surface area (TPSA) is 62.3 Å². The van der Waals surface area contributed by atoms with E-state index in [1.165, 1.54) is 12.0 Å². The molecule has 2 aromatic rings. The van der Waals surface area contributed by atoms with Crippen LogP contribution in [0.15, 0.2) is 60.9 Å². The summed E-state index contributed by atoms with van der Waals surface area (Å²) >= 11 is 0. The van der Waals surface area contributed by atoms with Crippen molar-refractivity contribution in [2.45, 2.75) is 44.9 Å². The van der Waals surface area contributed by atoms with Crippen LogP contribution >= 0.6 is 0 Å². The van der Waals surface area contributed by atoms with Crippen LogP contribution in [-0.2, 0) is 16.0 Å². The fraction of sp³-hybridized carbons (Fsp3) is 0.423. The lowest BCUT2D eigenvalue weighted by Gasteiger charge is -2.32. The molecule has 1 aromatic carbocycles. The number of hydrogen-bond acceptors (Lipinski definition) is 3. The molecular formula is C26H33N3O2. The number of hydrogen-bond donors (Lipinski definition) is 1. The molecule has 2 amide bonds. The van der Waals surface area contributed by atoms with Gasteiger partial charge in [-0.15, -0.1) is 0 Å². The van der Waals surface area contributed by atoms with E-state index in [4.69, 9.17) is 0 Å². The van der Waals surface area contributed by atoms with E-state index < -0.39 is 0 Å². The van der Waals surface area contributed by atoms with Gasteiger partial charge in [0.25, 0.3) is 0 Å². The molecule has 0 radical (unpaired) electrons. The molecule has 5 heteroatoms. The summed E-state index contributed by atoms with van der Waals surface area (Å²) in [6.07, 6.45) is 13.7. The Bertz CT molecular complexity index is 828. The highest BCUT2D eigenvalue weighted by Gasteiger charge is 2.22. The number of benzene rings is 1. The van der Waals surface area contributed by atoms with Crippen molar-refractivity contribution < 1.29 is 9.59 Å². The van der Waals surface area contributed by atoms with Crippen molar-refractivity contribution >= 4 is 17.9 Å². The first-order valence-electron chi connectivity index (χ1n) is 11.4. The largest absolute Gasteiger partial charge is 0.353 e. The Morgan fingerprint density at radius 2 is 1.87 bits per heavy atom. The summed E-state index contributed by atoms with van der Waals surface area (Å²) in [5, 5.41) is 2.94. The summed E-state index contributed by atoms with van der Waals surface area (Å²) in [5.41, 5.74) is 2.15. The zero-order valence-corrected chi connectivity index (χ0v) is 18.2. The normalized spacial score (nSPS) is 14.6. The third-order valence-corrected chi connectivity index (χ3v) is 5.89. The van der Waals surface area contributed by atoms with Gasteiger partial charge in [0.05, 0.1) is 0 Å². The minimum absolute atomic E-state index is 0.0637. The van der Waals surface area contributed by atoms with E-state index in [1.54, 1.807) is 24.5 Å². The van der Waals surface area contributed by atoms with Gasteiger partial charge in [-0.3, -0.25) is 14.6 Å². The highest BCUT2D eigenvalue weighted by Crippen LogP contribution is 2.23. The number of carbonyl (C=O) groups excluding carboxylic acids is 2. The molecule has 164 valence electrons. The highest BCUT2D eigenvalue weighted by atomic mass is 16.2. The number of rotatable bonds is 10. The summed E-state index contributed by atoms with van der Waals surface area (Å²) in [7, 11) is 0. The van der Waals surface area contributed by atoms with Crippen LogP contribution < -0.4 is 5.32 Å². The lowest BCUT2D eigenvalue weighted by molar-refractivity contribution is -0.132. The van der Waals surface area contributed by atoms with Gasteiger partial charge in [0, 0.05) is 44.5 Å². The van der Waals surface area contributed by atoms with Crippen molar-refractivity contribution in [2.75, 3.05) is 19.6 Å². The number of nitrogens with one attached hydrogen (secondary N) is 1. The maximum absolute atomic E-state index is 12.5. The van der Waals surface area contributed by atoms with E-state index in [0.717, 1.165) is 50.8 Å². The molecule has 5 nitrogen and oxygen atoms in total. The number of aryl methyl sites for hydroxylation is 1. The molecule has 1 saturated heterocycles. The van der Waals surface area contributed by atoms with E-state index in [-0.39, 0.29) is 11.8 Å². The van der Waals surface area contributed by atoms with Gasteiger partial charge in [-0.25, -0.2) is 0 Å². The smallest absolute Gasteiger partial charge is 0.243 e. The number of aromatic nitrogens is 1. The molecule has 2 heterocycles. The van der Waals surface area contributed by atoms with Crippen LogP contribution in [0.3, 0.4) is 0 Å². The Kier molecular flexibility index (Phi) is 9.30. The summed E-state index contributed by atoms with van der Waals surface area (Å²) in [6, 6.07) is 14.0. The van der Waals surface area contributed by atoms with Crippen LogP contribution in [0.2, 0.25) is 0 Å². The molecular weight excluding hydrogens is 386 g/mol. The molecule has 0 atom stereocenters. The maximum atomic E-state index is 12.5. The molecule has 1 N–H and O–H groups in total. The van der Waals surface area contributed by atoms with E-state index in [9.17, 15) is 9.59 Å². The maximum Gasteiger partial charge on any atom is 0.243 e. The molecule has 1 aliphatic rings. The molecule has 3 rings (SSSR count). The van der Waals surface area contributed by atoms with Gasteiger partial charge in [-0.1, -0.05) is 49.2 Å². The number of piperidine rings is 1. The first-order valence-corrected chi connectivity index (χ1v) is 11.4. The Balaban J connectivity index is 1.23. The van der Waals surface area contributed by atoms with Crippen LogP contribution in [0.1, 0.15) is 49.7 Å². The highest BCUT2D eigenvalue weighted by molar-refractivity contribution is 5.91. The van der Waals surface area contributed by atoms with Crippen LogP contribution in [0.5, 0.6) is 0 Å². The van der Waals surface area contributed by atoms with Crippen molar-refractivity contribution in [1.82, 2.24) is 15.2 Å². The summed E-state index contributed by atoms with van der Waals surface area (Å²) in [6.45, 7) is 2.47. The predicted octanol–water partition coefficient (Wildman–Crippen LogP) is 4.25. The average molecular weight is 420 g/mol. The van der Waals surface area contributed by atoms with E-state index >= 15 is 0 Å². The van der Waals surface area contributed by atoms with Gasteiger partial charge >= 0.3 is 0 Å². The third kappa shape index (κ3) is 8.36. The second-order valence-electron chi connectivity index (χ2n) is 8.22. The van der Waals surface area contributed by atoms with Crippen molar-refractivity contribution in [3.8, 4) is 0 Å². The number of carbonyl (C=O) groups is 2. The Labute approximate surface area is 185 Å². The predicted molar refractivity (Wildman–Crippen MR) is 124 cm³/mol. The number of pyridine rings is 1. The fourth-order valence-electron chi connectivity index (χ4n) is 4.00. The molecule has 1 aliphatic heterocycles. The van der Waals surface area contributed by atoms with Crippen LogP contribution in [-0.4, -0.2) is 41.3 Å². The van der Waals surface area contributed by atoms with Crippen LogP contribution in [0.25, 0.3) is 6.08 Å². The van der Waals surface area contributed by atoms with Crippen LogP contribution in [0, 0.1) is 5.92 Å². The molecule has 0 bridgehead atoms. The quantitative estimate of drug-likeness (QED) is 0.462. The van der Waals surface area contributed by atoms with Crippen molar-refractivity contribution in [3.63, 3.8) is 0 Å². The lowest BCUT2D eigenvalue weighted by Crippen LogP contribution is -2.38. The fourth-order valence-corrected chi connectivity index (χ4v) is 4.00. The van der Waals surface area contributed by atoms with E-state index in [2.05, 4.69) is 22.4 Å². The minimum atomic E-state index is -0.0637. The molecule has 31 heavy (non-hydrogen) atoms. The average Bonchev–Trinajstić information content (AvgIpc) is 2.83. The SMILES string of the molecule is O=C(/C=C/c1cccnc1)NCCCCC1CCN(C(=O)CCc2ccccc2)CC1. The number of unbranched alkanes of at least 4 members (excludes halogenated alkanes) is 1. The number of amides is 2. The zero-order valence-electron chi connectivity index (χ0n) is 18.2. The van der Waals surface area contributed by atoms with Crippen molar-refractivity contribution in [3.05, 3.63) is 72.1 Å². The monoisotopic (exact) mass is 419 g/mol. The van der Waals surface area contributed by atoms with Gasteiger partial charge in [0.1, 0.15) is 0 Å². The Morgan fingerprint density at radius 1 is 1.06 bits per heavy atom. The third-order valence-electron chi connectivity index (χ3n) is 5.89. The van der Waals surface area contributed by atoms with Gasteiger partial charge < -0.3 is 10.2 Å².